The van der Waals surface area contributed by atoms with Gasteiger partial charge in [0.05, 0.1) is 6.61 Å². The number of ether oxygens (including phenoxy) is 1. The highest BCUT2D eigenvalue weighted by molar-refractivity contribution is 5.81. The van der Waals surface area contributed by atoms with Crippen LogP contribution in [0.1, 0.15) is 72.1 Å². The molecule has 3 atom stereocenters. The third-order valence-corrected chi connectivity index (χ3v) is 5.34. The van der Waals surface area contributed by atoms with Crippen LogP contribution in [0.2, 0.25) is 0 Å². The Morgan fingerprint density at radius 2 is 1.90 bits per heavy atom. The molecule has 3 unspecified atom stereocenters. The largest absolute Gasteiger partial charge is 0.465 e. The molecule has 0 radical (unpaired) electrons. The molecule has 0 saturated heterocycles. The van der Waals surface area contributed by atoms with Crippen molar-refractivity contribution in [3.63, 3.8) is 0 Å². The van der Waals surface area contributed by atoms with E-state index in [-0.39, 0.29) is 5.97 Å². The lowest BCUT2D eigenvalue weighted by Crippen LogP contribution is -2.62. The van der Waals surface area contributed by atoms with Crippen LogP contribution in [0.5, 0.6) is 0 Å². The summed E-state index contributed by atoms with van der Waals surface area (Å²) in [5.41, 5.74) is -0.426. The topological polar surface area (TPSA) is 38.3 Å². The zero-order valence-electron chi connectivity index (χ0n) is 13.4. The molecule has 0 amide bonds. The zero-order valence-corrected chi connectivity index (χ0v) is 13.4. The van der Waals surface area contributed by atoms with Crippen molar-refractivity contribution < 1.29 is 9.53 Å². The van der Waals surface area contributed by atoms with E-state index in [1.807, 2.05) is 6.92 Å². The number of hydrogen-bond acceptors (Lipinski definition) is 3. The summed E-state index contributed by atoms with van der Waals surface area (Å²) in [5.74, 6) is 1.08. The van der Waals surface area contributed by atoms with Crippen molar-refractivity contribution in [3.05, 3.63) is 0 Å². The minimum absolute atomic E-state index is 0.00928. The fourth-order valence-electron chi connectivity index (χ4n) is 4.09. The minimum Gasteiger partial charge on any atom is -0.465 e. The highest BCUT2D eigenvalue weighted by Crippen LogP contribution is 2.39. The summed E-state index contributed by atoms with van der Waals surface area (Å²) >= 11 is 0. The van der Waals surface area contributed by atoms with Gasteiger partial charge >= 0.3 is 5.97 Å². The van der Waals surface area contributed by atoms with E-state index < -0.39 is 5.54 Å². The average molecular weight is 281 g/mol. The van der Waals surface area contributed by atoms with E-state index in [2.05, 4.69) is 19.2 Å². The Balaban J connectivity index is 2.12. The molecule has 2 saturated carbocycles. The van der Waals surface area contributed by atoms with Crippen molar-refractivity contribution in [3.8, 4) is 0 Å². The van der Waals surface area contributed by atoms with E-state index >= 15 is 0 Å². The maximum atomic E-state index is 12.6. The molecule has 0 aromatic heterocycles. The van der Waals surface area contributed by atoms with Crippen molar-refractivity contribution in [1.82, 2.24) is 5.32 Å². The molecule has 0 bridgehead atoms. The molecule has 3 nitrogen and oxygen atoms in total. The molecule has 0 heterocycles. The SMILES string of the molecule is CCOC(=O)C1(NC2CCCCC2)CCC(C)CC1C. The van der Waals surface area contributed by atoms with Crippen LogP contribution in [0.15, 0.2) is 0 Å². The number of carbonyl (C=O) groups is 1. The Kier molecular flexibility index (Phi) is 5.48. The van der Waals surface area contributed by atoms with Gasteiger partial charge in [0, 0.05) is 6.04 Å². The summed E-state index contributed by atoms with van der Waals surface area (Å²) in [6, 6.07) is 0.504. The van der Waals surface area contributed by atoms with Gasteiger partial charge in [0.15, 0.2) is 0 Å². The molecule has 116 valence electrons. The number of carbonyl (C=O) groups excluding carboxylic acids is 1. The number of nitrogens with one attached hydrogen (secondary N) is 1. The summed E-state index contributed by atoms with van der Waals surface area (Å²) in [5, 5.41) is 3.75. The van der Waals surface area contributed by atoms with Gasteiger partial charge in [0.25, 0.3) is 0 Å². The number of esters is 1. The quantitative estimate of drug-likeness (QED) is 0.799. The Hall–Kier alpha value is -0.570. The number of rotatable bonds is 4. The van der Waals surface area contributed by atoms with Crippen molar-refractivity contribution in [2.45, 2.75) is 83.7 Å². The molecule has 2 fully saturated rings. The Morgan fingerprint density at radius 1 is 1.20 bits per heavy atom. The summed E-state index contributed by atoms with van der Waals surface area (Å²) in [6.45, 7) is 6.91. The fourth-order valence-corrected chi connectivity index (χ4v) is 4.09. The molecule has 0 aromatic carbocycles. The van der Waals surface area contributed by atoms with Crippen LogP contribution in [-0.2, 0) is 9.53 Å². The van der Waals surface area contributed by atoms with Gasteiger partial charge in [0.2, 0.25) is 0 Å². The van der Waals surface area contributed by atoms with Crippen molar-refractivity contribution in [2.75, 3.05) is 6.61 Å². The molecule has 1 N–H and O–H groups in total. The fraction of sp³-hybridized carbons (Fsp3) is 0.941. The van der Waals surface area contributed by atoms with E-state index in [0.29, 0.717) is 18.6 Å². The first kappa shape index (κ1) is 15.8. The molecule has 20 heavy (non-hydrogen) atoms. The van der Waals surface area contributed by atoms with Gasteiger partial charge in [-0.05, 0) is 50.9 Å². The summed E-state index contributed by atoms with van der Waals surface area (Å²) in [6.07, 6.45) is 9.54. The van der Waals surface area contributed by atoms with Gasteiger partial charge in [-0.15, -0.1) is 0 Å². The molecule has 2 aliphatic rings. The van der Waals surface area contributed by atoms with Crippen LogP contribution in [-0.4, -0.2) is 24.2 Å². The first-order valence-corrected chi connectivity index (χ1v) is 8.53. The van der Waals surface area contributed by atoms with Crippen LogP contribution >= 0.6 is 0 Å². The third-order valence-electron chi connectivity index (χ3n) is 5.34. The summed E-state index contributed by atoms with van der Waals surface area (Å²) < 4.78 is 5.43. The highest BCUT2D eigenvalue weighted by Gasteiger charge is 2.48. The van der Waals surface area contributed by atoms with Gasteiger partial charge in [0.1, 0.15) is 5.54 Å². The molecule has 0 spiro atoms. The van der Waals surface area contributed by atoms with Crippen molar-refractivity contribution in [1.29, 1.82) is 0 Å². The molecular weight excluding hydrogens is 250 g/mol. The molecule has 2 aliphatic carbocycles. The molecule has 2 rings (SSSR count). The normalized spacial score (nSPS) is 35.8. The van der Waals surface area contributed by atoms with E-state index in [1.54, 1.807) is 0 Å². The Morgan fingerprint density at radius 3 is 2.50 bits per heavy atom. The van der Waals surface area contributed by atoms with E-state index in [1.165, 1.54) is 32.1 Å². The second-order valence-corrected chi connectivity index (χ2v) is 6.95. The highest BCUT2D eigenvalue weighted by atomic mass is 16.5. The summed E-state index contributed by atoms with van der Waals surface area (Å²) in [4.78, 5) is 12.6. The van der Waals surface area contributed by atoms with E-state index in [0.717, 1.165) is 25.2 Å². The third kappa shape index (κ3) is 3.36. The van der Waals surface area contributed by atoms with Crippen LogP contribution in [0.4, 0.5) is 0 Å². The zero-order chi connectivity index (χ0) is 14.6. The van der Waals surface area contributed by atoms with Gasteiger partial charge in [-0.3, -0.25) is 10.1 Å². The Labute approximate surface area is 123 Å². The number of hydrogen-bond donors (Lipinski definition) is 1. The maximum Gasteiger partial charge on any atom is 0.326 e. The second-order valence-electron chi connectivity index (χ2n) is 6.95. The van der Waals surface area contributed by atoms with Crippen LogP contribution in [0, 0.1) is 11.8 Å². The predicted octanol–water partition coefficient (Wildman–Crippen LogP) is 3.67. The maximum absolute atomic E-state index is 12.6. The predicted molar refractivity (Wildman–Crippen MR) is 81.6 cm³/mol. The van der Waals surface area contributed by atoms with E-state index in [4.69, 9.17) is 4.74 Å². The minimum atomic E-state index is -0.426. The Bertz CT molecular complexity index is 325. The van der Waals surface area contributed by atoms with Crippen LogP contribution in [0.3, 0.4) is 0 Å². The van der Waals surface area contributed by atoms with Crippen molar-refractivity contribution >= 4 is 5.97 Å². The van der Waals surface area contributed by atoms with Gasteiger partial charge in [-0.25, -0.2) is 0 Å². The molecule has 3 heteroatoms. The first-order valence-electron chi connectivity index (χ1n) is 8.53. The lowest BCUT2D eigenvalue weighted by atomic mass is 9.69. The standard InChI is InChI=1S/C17H31NO2/c1-4-20-16(19)17(11-10-13(2)12-14(17)3)18-15-8-6-5-7-9-15/h13-15,18H,4-12H2,1-3H3. The monoisotopic (exact) mass is 281 g/mol. The average Bonchev–Trinajstić information content (AvgIpc) is 2.43. The van der Waals surface area contributed by atoms with Crippen molar-refractivity contribution in [2.24, 2.45) is 11.8 Å². The molecular formula is C17H31NO2. The molecule has 0 aromatic rings. The van der Waals surface area contributed by atoms with Gasteiger partial charge in [-0.1, -0.05) is 33.1 Å². The molecule has 0 aliphatic heterocycles. The lowest BCUT2D eigenvalue weighted by Gasteiger charge is -2.45. The first-order chi connectivity index (χ1) is 9.58. The van der Waals surface area contributed by atoms with Crippen LogP contribution < -0.4 is 5.32 Å². The van der Waals surface area contributed by atoms with Gasteiger partial charge < -0.3 is 4.74 Å². The van der Waals surface area contributed by atoms with Gasteiger partial charge in [-0.2, -0.15) is 0 Å². The van der Waals surface area contributed by atoms with Crippen LogP contribution in [0.25, 0.3) is 0 Å². The lowest BCUT2D eigenvalue weighted by molar-refractivity contribution is -0.156. The second kappa shape index (κ2) is 6.93. The van der Waals surface area contributed by atoms with E-state index in [9.17, 15) is 4.79 Å². The summed E-state index contributed by atoms with van der Waals surface area (Å²) in [7, 11) is 0. The smallest absolute Gasteiger partial charge is 0.326 e.